The number of rotatable bonds is 4. The van der Waals surface area contributed by atoms with Gasteiger partial charge in [-0.1, -0.05) is 19.8 Å². The zero-order valence-corrected chi connectivity index (χ0v) is 10.4. The quantitative estimate of drug-likeness (QED) is 0.612. The lowest BCUT2D eigenvalue weighted by atomic mass is 9.79. The van der Waals surface area contributed by atoms with Gasteiger partial charge in [0.25, 0.3) is 0 Å². The summed E-state index contributed by atoms with van der Waals surface area (Å²) < 4.78 is 9.17. The van der Waals surface area contributed by atoms with E-state index in [0.717, 1.165) is 12.8 Å². The average Bonchev–Trinajstić information content (AvgIpc) is 2.35. The third-order valence-electron chi connectivity index (χ3n) is 3.01. The molecule has 1 saturated carbocycles. The largest absolute Gasteiger partial charge is 0.513 e. The van der Waals surface area contributed by atoms with Crippen LogP contribution in [0.2, 0.25) is 0 Å². The first kappa shape index (κ1) is 14.5. The Labute approximate surface area is 105 Å². The molecule has 0 heterocycles. The molecule has 1 N–H and O–H groups in total. The van der Waals surface area contributed by atoms with Crippen LogP contribution < -0.4 is 0 Å². The minimum atomic E-state index is -1.63. The third-order valence-corrected chi connectivity index (χ3v) is 3.01. The maximum absolute atomic E-state index is 11.8. The van der Waals surface area contributed by atoms with Crippen LogP contribution in [0.4, 0.5) is 4.79 Å². The number of carboxylic acid groups (broad SMARTS) is 1. The van der Waals surface area contributed by atoms with Crippen molar-refractivity contribution in [2.75, 3.05) is 6.61 Å². The minimum absolute atomic E-state index is 0.316. The lowest BCUT2D eigenvalue weighted by Gasteiger charge is -2.27. The molecule has 0 amide bonds. The van der Waals surface area contributed by atoms with Crippen LogP contribution in [-0.2, 0) is 19.1 Å². The molecule has 6 nitrogen and oxygen atoms in total. The van der Waals surface area contributed by atoms with E-state index in [1.165, 1.54) is 0 Å². The topological polar surface area (TPSA) is 89.9 Å². The predicted octanol–water partition coefficient (Wildman–Crippen LogP) is 1.97. The summed E-state index contributed by atoms with van der Waals surface area (Å²) in [5.41, 5.74) is 0. The van der Waals surface area contributed by atoms with Crippen molar-refractivity contribution in [3.05, 3.63) is 0 Å². The Morgan fingerprint density at radius 3 is 2.17 bits per heavy atom. The fourth-order valence-corrected chi connectivity index (χ4v) is 2.17. The van der Waals surface area contributed by atoms with Gasteiger partial charge < -0.3 is 14.6 Å². The molecule has 1 rings (SSSR count). The van der Waals surface area contributed by atoms with Crippen LogP contribution in [0, 0.1) is 11.8 Å². The molecule has 6 heteroatoms. The van der Waals surface area contributed by atoms with Crippen molar-refractivity contribution in [3.8, 4) is 0 Å². The van der Waals surface area contributed by atoms with Crippen LogP contribution in [0.5, 0.6) is 0 Å². The number of carbonyl (C=O) groups excluding carboxylic acids is 2. The van der Waals surface area contributed by atoms with Crippen LogP contribution >= 0.6 is 0 Å². The summed E-state index contributed by atoms with van der Waals surface area (Å²) in [5, 5.41) is 8.42. The lowest BCUT2D eigenvalue weighted by Crippen LogP contribution is -2.35. The van der Waals surface area contributed by atoms with E-state index in [4.69, 9.17) is 9.84 Å². The summed E-state index contributed by atoms with van der Waals surface area (Å²) in [7, 11) is 0. The van der Waals surface area contributed by atoms with Gasteiger partial charge in [0.05, 0.1) is 18.4 Å². The van der Waals surface area contributed by atoms with Gasteiger partial charge in [0.15, 0.2) is 0 Å². The first-order valence-electron chi connectivity index (χ1n) is 6.17. The minimum Gasteiger partial charge on any atom is -0.465 e. The molecule has 1 aliphatic rings. The van der Waals surface area contributed by atoms with Crippen molar-refractivity contribution in [1.82, 2.24) is 0 Å². The fourth-order valence-electron chi connectivity index (χ4n) is 2.17. The molecule has 0 spiro atoms. The molecule has 0 aliphatic heterocycles. The van der Waals surface area contributed by atoms with Crippen molar-refractivity contribution in [2.45, 2.75) is 39.0 Å². The van der Waals surface area contributed by atoms with E-state index < -0.39 is 29.9 Å². The van der Waals surface area contributed by atoms with Crippen LogP contribution in [-0.4, -0.2) is 29.8 Å². The zero-order chi connectivity index (χ0) is 13.5. The molecule has 0 aromatic heterocycles. The second kappa shape index (κ2) is 6.98. The van der Waals surface area contributed by atoms with Gasteiger partial charge in [-0.3, -0.25) is 9.59 Å². The van der Waals surface area contributed by atoms with Crippen LogP contribution in [0.25, 0.3) is 0 Å². The van der Waals surface area contributed by atoms with Gasteiger partial charge in [-0.05, 0) is 19.3 Å². The number of ether oxygens (including phenoxy) is 2. The number of hydrogen-bond donors (Lipinski definition) is 1. The Hall–Kier alpha value is -1.59. The van der Waals surface area contributed by atoms with Crippen molar-refractivity contribution < 1.29 is 29.0 Å². The zero-order valence-electron chi connectivity index (χ0n) is 10.4. The van der Waals surface area contributed by atoms with E-state index in [-0.39, 0.29) is 0 Å². The van der Waals surface area contributed by atoms with E-state index in [1.54, 1.807) is 0 Å². The molecule has 0 aromatic rings. The second-order valence-electron chi connectivity index (χ2n) is 4.35. The van der Waals surface area contributed by atoms with E-state index >= 15 is 0 Å². The maximum Gasteiger partial charge on any atom is 0.513 e. The molecule has 1 fully saturated rings. The summed E-state index contributed by atoms with van der Waals surface area (Å²) in [4.78, 5) is 33.7. The van der Waals surface area contributed by atoms with Gasteiger partial charge in [-0.15, -0.1) is 0 Å². The van der Waals surface area contributed by atoms with Crippen molar-refractivity contribution in [1.29, 1.82) is 0 Å². The molecule has 2 atom stereocenters. The van der Waals surface area contributed by atoms with Crippen LogP contribution in [0.1, 0.15) is 39.0 Å². The molecule has 18 heavy (non-hydrogen) atoms. The molecular weight excluding hydrogens is 240 g/mol. The van der Waals surface area contributed by atoms with Crippen LogP contribution in [0.15, 0.2) is 0 Å². The number of esters is 2. The summed E-state index contributed by atoms with van der Waals surface area (Å²) in [6, 6.07) is 0. The van der Waals surface area contributed by atoms with E-state index in [2.05, 4.69) is 4.74 Å². The Balaban J connectivity index is 2.64. The fraction of sp³-hybridized carbons (Fsp3) is 0.750. The normalized spacial score (nSPS) is 23.2. The van der Waals surface area contributed by atoms with E-state index in [1.807, 2.05) is 6.92 Å². The molecule has 0 saturated heterocycles. The summed E-state index contributed by atoms with van der Waals surface area (Å²) in [6.45, 7) is 2.19. The molecular formula is C12H18O6. The van der Waals surface area contributed by atoms with Gasteiger partial charge in [-0.2, -0.15) is 0 Å². The molecule has 0 radical (unpaired) electrons. The van der Waals surface area contributed by atoms with Gasteiger partial charge in [0, 0.05) is 0 Å². The van der Waals surface area contributed by atoms with Crippen molar-refractivity contribution in [3.63, 3.8) is 0 Å². The van der Waals surface area contributed by atoms with Crippen LogP contribution in [0.3, 0.4) is 0 Å². The van der Waals surface area contributed by atoms with Crippen molar-refractivity contribution >= 4 is 18.1 Å². The smallest absolute Gasteiger partial charge is 0.465 e. The average molecular weight is 258 g/mol. The van der Waals surface area contributed by atoms with Crippen molar-refractivity contribution in [2.24, 2.45) is 11.8 Å². The van der Waals surface area contributed by atoms with Gasteiger partial charge in [-0.25, -0.2) is 4.79 Å². The second-order valence-corrected chi connectivity index (χ2v) is 4.35. The monoisotopic (exact) mass is 258 g/mol. The lowest BCUT2D eigenvalue weighted by molar-refractivity contribution is -0.160. The summed E-state index contributed by atoms with van der Waals surface area (Å²) in [6.07, 6.45) is 1.72. The molecule has 102 valence electrons. The SMILES string of the molecule is CCCOC(=O)C1CCCCC1C(=O)OC(=O)O. The van der Waals surface area contributed by atoms with Gasteiger partial charge >= 0.3 is 18.1 Å². The van der Waals surface area contributed by atoms with Gasteiger partial charge in [0.1, 0.15) is 0 Å². The Morgan fingerprint density at radius 1 is 1.11 bits per heavy atom. The molecule has 2 unspecified atom stereocenters. The Bertz CT molecular complexity index is 325. The Kier molecular flexibility index (Phi) is 5.61. The Morgan fingerprint density at radius 2 is 1.67 bits per heavy atom. The number of hydrogen-bond acceptors (Lipinski definition) is 5. The highest BCUT2D eigenvalue weighted by Crippen LogP contribution is 2.32. The summed E-state index contributed by atoms with van der Waals surface area (Å²) >= 11 is 0. The van der Waals surface area contributed by atoms with E-state index in [9.17, 15) is 14.4 Å². The predicted molar refractivity (Wildman–Crippen MR) is 60.8 cm³/mol. The summed E-state index contributed by atoms with van der Waals surface area (Å²) in [5.74, 6) is -2.54. The first-order valence-corrected chi connectivity index (χ1v) is 6.17. The molecule has 0 aromatic carbocycles. The maximum atomic E-state index is 11.8. The number of carbonyl (C=O) groups is 3. The molecule has 1 aliphatic carbocycles. The standard InChI is InChI=1S/C12H18O6/c1-2-7-17-10(13)8-5-3-4-6-9(8)11(14)18-12(15)16/h8-9H,2-7H2,1H3,(H,15,16). The molecule has 0 bridgehead atoms. The first-order chi connectivity index (χ1) is 8.56. The van der Waals surface area contributed by atoms with Gasteiger partial charge in [0.2, 0.25) is 0 Å². The van der Waals surface area contributed by atoms with E-state index in [0.29, 0.717) is 25.9 Å². The highest BCUT2D eigenvalue weighted by atomic mass is 16.7. The third kappa shape index (κ3) is 4.01. The highest BCUT2D eigenvalue weighted by molar-refractivity contribution is 5.87. The highest BCUT2D eigenvalue weighted by Gasteiger charge is 2.38.